The van der Waals surface area contributed by atoms with Gasteiger partial charge in [-0.05, 0) is 26.8 Å². The van der Waals surface area contributed by atoms with Gasteiger partial charge in [0.05, 0.1) is 13.2 Å². The van der Waals surface area contributed by atoms with Crippen molar-refractivity contribution < 1.29 is 9.47 Å². The molecule has 0 fully saturated rings. The molecule has 2 aromatic rings. The molecule has 0 aliphatic rings. The minimum Gasteiger partial charge on any atom is -0.481 e. The second kappa shape index (κ2) is 6.83. The zero-order valence-corrected chi connectivity index (χ0v) is 12.6. The van der Waals surface area contributed by atoms with E-state index in [0.29, 0.717) is 30.2 Å². The fraction of sp³-hybridized carbons (Fsp3) is 0.429. The molecule has 0 radical (unpaired) electrons. The number of methoxy groups -OCH3 is 1. The van der Waals surface area contributed by atoms with Crippen LogP contribution in [0.1, 0.15) is 20.8 Å². The molecular weight excluding hydrogens is 270 g/mol. The Kier molecular flexibility index (Phi) is 4.86. The van der Waals surface area contributed by atoms with Gasteiger partial charge in [0.1, 0.15) is 0 Å². The summed E-state index contributed by atoms with van der Waals surface area (Å²) in [6.07, 6.45) is 1.65. The van der Waals surface area contributed by atoms with Gasteiger partial charge in [-0.2, -0.15) is 15.0 Å². The number of pyridine rings is 1. The molecule has 21 heavy (non-hydrogen) atoms. The van der Waals surface area contributed by atoms with Gasteiger partial charge in [0.15, 0.2) is 5.82 Å². The molecule has 0 amide bonds. The summed E-state index contributed by atoms with van der Waals surface area (Å²) < 4.78 is 10.6. The Morgan fingerprint density at radius 3 is 2.57 bits per heavy atom. The van der Waals surface area contributed by atoms with Crippen LogP contribution >= 0.6 is 0 Å². The van der Waals surface area contributed by atoms with Crippen LogP contribution in [0.5, 0.6) is 11.9 Å². The van der Waals surface area contributed by atoms with Gasteiger partial charge < -0.3 is 14.8 Å². The van der Waals surface area contributed by atoms with Gasteiger partial charge in [-0.25, -0.2) is 4.98 Å². The molecule has 2 rings (SSSR count). The number of rotatable bonds is 6. The van der Waals surface area contributed by atoms with E-state index in [0.717, 1.165) is 5.56 Å². The number of nitrogens with zero attached hydrogens (tertiary/aromatic N) is 4. The van der Waals surface area contributed by atoms with Crippen molar-refractivity contribution in [1.29, 1.82) is 0 Å². The van der Waals surface area contributed by atoms with Gasteiger partial charge in [0.2, 0.25) is 11.8 Å². The van der Waals surface area contributed by atoms with Gasteiger partial charge in [-0.3, -0.25) is 0 Å². The van der Waals surface area contributed by atoms with Crippen LogP contribution < -0.4 is 14.8 Å². The predicted molar refractivity (Wildman–Crippen MR) is 79.5 cm³/mol. The van der Waals surface area contributed by atoms with Crippen molar-refractivity contribution in [3.05, 3.63) is 18.3 Å². The molecule has 2 heterocycles. The number of anilines is 1. The highest BCUT2D eigenvalue weighted by Crippen LogP contribution is 2.20. The Morgan fingerprint density at radius 2 is 2.00 bits per heavy atom. The quantitative estimate of drug-likeness (QED) is 0.872. The molecule has 0 unspecified atom stereocenters. The van der Waals surface area contributed by atoms with Crippen LogP contribution in [0.2, 0.25) is 0 Å². The molecule has 7 nitrogen and oxygen atoms in total. The first kappa shape index (κ1) is 15.0. The first-order chi connectivity index (χ1) is 10.1. The molecule has 7 heteroatoms. The maximum Gasteiger partial charge on any atom is 0.322 e. The van der Waals surface area contributed by atoms with E-state index < -0.39 is 0 Å². The number of nitrogens with one attached hydrogen (secondary N) is 1. The minimum atomic E-state index is -0.0104. The second-order valence-corrected chi connectivity index (χ2v) is 4.55. The summed E-state index contributed by atoms with van der Waals surface area (Å²) in [6.45, 7) is 6.53. The zero-order valence-electron chi connectivity index (χ0n) is 12.6. The molecule has 112 valence electrons. The molecule has 1 N–H and O–H groups in total. The van der Waals surface area contributed by atoms with E-state index in [1.807, 2.05) is 26.8 Å². The van der Waals surface area contributed by atoms with Crippen LogP contribution in [0.4, 0.5) is 5.95 Å². The first-order valence-electron chi connectivity index (χ1n) is 6.79. The molecule has 0 spiro atoms. The van der Waals surface area contributed by atoms with Gasteiger partial charge in [-0.1, -0.05) is 0 Å². The molecule has 0 atom stereocenters. The fourth-order valence-corrected chi connectivity index (χ4v) is 1.62. The summed E-state index contributed by atoms with van der Waals surface area (Å²) in [5.74, 6) is 1.53. The highest BCUT2D eigenvalue weighted by molar-refractivity contribution is 5.55. The number of hydrogen-bond donors (Lipinski definition) is 1. The predicted octanol–water partition coefficient (Wildman–Crippen LogP) is 2.16. The normalized spacial score (nSPS) is 10.5. The zero-order chi connectivity index (χ0) is 15.2. The summed E-state index contributed by atoms with van der Waals surface area (Å²) in [5, 5.41) is 3.07. The molecule has 0 saturated heterocycles. The third kappa shape index (κ3) is 4.01. The van der Waals surface area contributed by atoms with Crippen LogP contribution in [-0.2, 0) is 0 Å². The Morgan fingerprint density at radius 1 is 1.19 bits per heavy atom. The van der Waals surface area contributed by atoms with E-state index in [-0.39, 0.29) is 6.10 Å². The Balaban J connectivity index is 2.37. The van der Waals surface area contributed by atoms with Crippen molar-refractivity contribution in [3.8, 4) is 23.3 Å². The lowest BCUT2D eigenvalue weighted by Gasteiger charge is -2.11. The first-order valence-corrected chi connectivity index (χ1v) is 6.79. The molecular formula is C14H19N5O2. The number of ether oxygens (including phenoxy) is 2. The molecule has 0 aliphatic carbocycles. The van der Waals surface area contributed by atoms with Crippen LogP contribution in [0.15, 0.2) is 18.3 Å². The summed E-state index contributed by atoms with van der Waals surface area (Å²) >= 11 is 0. The second-order valence-electron chi connectivity index (χ2n) is 4.55. The average molecular weight is 289 g/mol. The lowest BCUT2D eigenvalue weighted by Crippen LogP contribution is -2.12. The van der Waals surface area contributed by atoms with Crippen molar-refractivity contribution in [3.63, 3.8) is 0 Å². The van der Waals surface area contributed by atoms with Crippen molar-refractivity contribution in [1.82, 2.24) is 19.9 Å². The molecule has 0 aliphatic heterocycles. The van der Waals surface area contributed by atoms with E-state index in [4.69, 9.17) is 9.47 Å². The Hall–Kier alpha value is -2.44. The van der Waals surface area contributed by atoms with E-state index in [1.54, 1.807) is 19.4 Å². The van der Waals surface area contributed by atoms with Crippen molar-refractivity contribution in [2.45, 2.75) is 26.9 Å². The third-order valence-electron chi connectivity index (χ3n) is 2.49. The summed E-state index contributed by atoms with van der Waals surface area (Å²) in [6, 6.07) is 3.90. The number of aromatic nitrogens is 4. The maximum absolute atomic E-state index is 5.56. The molecule has 0 aromatic carbocycles. The maximum atomic E-state index is 5.56. The van der Waals surface area contributed by atoms with E-state index in [9.17, 15) is 0 Å². The van der Waals surface area contributed by atoms with Crippen LogP contribution in [0, 0.1) is 0 Å². The average Bonchev–Trinajstić information content (AvgIpc) is 2.47. The van der Waals surface area contributed by atoms with Crippen LogP contribution in [-0.4, -0.2) is 39.7 Å². The SMILES string of the molecule is CCNc1nc(OC(C)C)nc(-c2ccc(OC)nc2)n1. The monoisotopic (exact) mass is 289 g/mol. The highest BCUT2D eigenvalue weighted by Gasteiger charge is 2.11. The van der Waals surface area contributed by atoms with Crippen LogP contribution in [0.3, 0.4) is 0 Å². The van der Waals surface area contributed by atoms with Gasteiger partial charge >= 0.3 is 6.01 Å². The van der Waals surface area contributed by atoms with Crippen molar-refractivity contribution >= 4 is 5.95 Å². The number of hydrogen-bond acceptors (Lipinski definition) is 7. The van der Waals surface area contributed by atoms with Gasteiger partial charge in [0.25, 0.3) is 0 Å². The van der Waals surface area contributed by atoms with Crippen molar-refractivity contribution in [2.24, 2.45) is 0 Å². The van der Waals surface area contributed by atoms with Gasteiger partial charge in [-0.15, -0.1) is 0 Å². The summed E-state index contributed by atoms with van der Waals surface area (Å²) in [7, 11) is 1.57. The summed E-state index contributed by atoms with van der Waals surface area (Å²) in [5.41, 5.74) is 0.769. The van der Waals surface area contributed by atoms with Crippen molar-refractivity contribution in [2.75, 3.05) is 19.0 Å². The van der Waals surface area contributed by atoms with E-state index >= 15 is 0 Å². The summed E-state index contributed by atoms with van der Waals surface area (Å²) in [4.78, 5) is 17.1. The van der Waals surface area contributed by atoms with E-state index in [1.165, 1.54) is 0 Å². The topological polar surface area (TPSA) is 82.1 Å². The van der Waals surface area contributed by atoms with E-state index in [2.05, 4.69) is 25.3 Å². The van der Waals surface area contributed by atoms with Gasteiger partial charge in [0, 0.05) is 24.4 Å². The minimum absolute atomic E-state index is 0.0104. The molecule has 2 aromatic heterocycles. The standard InChI is InChI=1S/C14H19N5O2/c1-5-15-13-17-12(18-14(19-13)21-9(2)3)10-6-7-11(20-4)16-8-10/h6-9H,5H2,1-4H3,(H,15,17,18,19). The largest absolute Gasteiger partial charge is 0.481 e. The lowest BCUT2D eigenvalue weighted by atomic mass is 10.3. The fourth-order valence-electron chi connectivity index (χ4n) is 1.62. The third-order valence-corrected chi connectivity index (χ3v) is 2.49. The molecule has 0 bridgehead atoms. The highest BCUT2D eigenvalue weighted by atomic mass is 16.5. The van der Waals surface area contributed by atoms with Crippen LogP contribution in [0.25, 0.3) is 11.4 Å². The smallest absolute Gasteiger partial charge is 0.322 e. The Bertz CT molecular complexity index is 586. The molecule has 0 saturated carbocycles. The lowest BCUT2D eigenvalue weighted by molar-refractivity contribution is 0.222. The Labute approximate surface area is 123 Å².